The number of phenols is 1. The van der Waals surface area contributed by atoms with Crippen molar-refractivity contribution >= 4 is 11.8 Å². The molecule has 0 aliphatic carbocycles. The van der Waals surface area contributed by atoms with Gasteiger partial charge in [0.05, 0.1) is 0 Å². The van der Waals surface area contributed by atoms with E-state index in [0.29, 0.717) is 5.75 Å². The summed E-state index contributed by atoms with van der Waals surface area (Å²) in [6, 6.07) is 7.42. The molecule has 1 aromatic carbocycles. The maximum Gasteiger partial charge on any atom is 0.115 e. The Labute approximate surface area is 96.1 Å². The minimum atomic E-state index is 0.340. The molecule has 0 aliphatic heterocycles. The van der Waals surface area contributed by atoms with Gasteiger partial charge >= 0.3 is 0 Å². The normalized spacial score (nSPS) is 10.5. The van der Waals surface area contributed by atoms with Gasteiger partial charge in [0.1, 0.15) is 5.75 Å². The number of rotatable bonds is 7. The van der Waals surface area contributed by atoms with Crippen LogP contribution in [0.5, 0.6) is 5.75 Å². The highest BCUT2D eigenvalue weighted by molar-refractivity contribution is 7.98. The number of thioether (sulfide) groups is 1. The molecule has 84 valence electrons. The molecule has 3 heteroatoms. The van der Waals surface area contributed by atoms with Gasteiger partial charge in [-0.1, -0.05) is 12.1 Å². The Morgan fingerprint density at radius 2 is 1.93 bits per heavy atom. The molecule has 1 aromatic rings. The number of hydrogen-bond acceptors (Lipinski definition) is 3. The fourth-order valence-corrected chi connectivity index (χ4v) is 1.79. The van der Waals surface area contributed by atoms with Crippen LogP contribution in [0.4, 0.5) is 0 Å². The molecule has 0 radical (unpaired) electrons. The van der Waals surface area contributed by atoms with Gasteiger partial charge in [-0.15, -0.1) is 0 Å². The highest BCUT2D eigenvalue weighted by Crippen LogP contribution is 2.09. The van der Waals surface area contributed by atoms with Crippen LogP contribution in [0.15, 0.2) is 24.3 Å². The highest BCUT2D eigenvalue weighted by Gasteiger charge is 1.93. The van der Waals surface area contributed by atoms with Crippen LogP contribution in [0.25, 0.3) is 0 Å². The van der Waals surface area contributed by atoms with E-state index in [9.17, 15) is 0 Å². The van der Waals surface area contributed by atoms with Gasteiger partial charge in [-0.25, -0.2) is 0 Å². The van der Waals surface area contributed by atoms with Crippen molar-refractivity contribution in [2.24, 2.45) is 0 Å². The lowest BCUT2D eigenvalue weighted by atomic mass is 10.1. The molecule has 0 aliphatic rings. The molecular weight excluding hydrogens is 206 g/mol. The quantitative estimate of drug-likeness (QED) is 0.698. The maximum absolute atomic E-state index is 9.11. The highest BCUT2D eigenvalue weighted by atomic mass is 32.2. The van der Waals surface area contributed by atoms with Crippen LogP contribution < -0.4 is 5.32 Å². The zero-order valence-electron chi connectivity index (χ0n) is 9.20. The van der Waals surface area contributed by atoms with E-state index in [-0.39, 0.29) is 0 Å². The first-order valence-electron chi connectivity index (χ1n) is 5.30. The lowest BCUT2D eigenvalue weighted by Crippen LogP contribution is -2.18. The third-order valence-electron chi connectivity index (χ3n) is 2.23. The smallest absolute Gasteiger partial charge is 0.115 e. The maximum atomic E-state index is 9.11. The molecule has 0 heterocycles. The van der Waals surface area contributed by atoms with E-state index in [0.717, 1.165) is 19.5 Å². The fourth-order valence-electron chi connectivity index (χ4n) is 1.36. The van der Waals surface area contributed by atoms with Crippen molar-refractivity contribution < 1.29 is 5.11 Å². The number of hydrogen-bond donors (Lipinski definition) is 2. The number of phenolic OH excluding ortho intramolecular Hbond substituents is 1. The molecule has 0 fully saturated rings. The second-order valence-electron chi connectivity index (χ2n) is 3.51. The summed E-state index contributed by atoms with van der Waals surface area (Å²) in [5.74, 6) is 1.57. The zero-order chi connectivity index (χ0) is 10.9. The van der Waals surface area contributed by atoms with E-state index in [2.05, 4.69) is 11.6 Å². The lowest BCUT2D eigenvalue weighted by Gasteiger charge is -2.04. The summed E-state index contributed by atoms with van der Waals surface area (Å²) >= 11 is 1.89. The van der Waals surface area contributed by atoms with Gasteiger partial charge in [0.25, 0.3) is 0 Å². The molecule has 0 atom stereocenters. The van der Waals surface area contributed by atoms with Crippen molar-refractivity contribution in [3.8, 4) is 5.75 Å². The third kappa shape index (κ3) is 5.70. The minimum absolute atomic E-state index is 0.340. The molecule has 0 amide bonds. The first-order chi connectivity index (χ1) is 7.33. The van der Waals surface area contributed by atoms with Gasteiger partial charge in [0, 0.05) is 0 Å². The molecule has 2 N–H and O–H groups in total. The van der Waals surface area contributed by atoms with Crippen LogP contribution in [0.3, 0.4) is 0 Å². The minimum Gasteiger partial charge on any atom is -0.508 e. The molecule has 0 unspecified atom stereocenters. The van der Waals surface area contributed by atoms with Crippen molar-refractivity contribution in [3.05, 3.63) is 29.8 Å². The van der Waals surface area contributed by atoms with Crippen LogP contribution in [-0.4, -0.2) is 30.2 Å². The summed E-state index contributed by atoms with van der Waals surface area (Å²) in [5.41, 5.74) is 1.27. The first-order valence-corrected chi connectivity index (χ1v) is 6.70. The number of benzene rings is 1. The van der Waals surface area contributed by atoms with E-state index < -0.39 is 0 Å². The van der Waals surface area contributed by atoms with Crippen molar-refractivity contribution in [1.29, 1.82) is 0 Å². The first kappa shape index (κ1) is 12.4. The van der Waals surface area contributed by atoms with Crippen molar-refractivity contribution in [2.75, 3.05) is 25.1 Å². The van der Waals surface area contributed by atoms with Gasteiger partial charge in [0.2, 0.25) is 0 Å². The molecule has 1 rings (SSSR count). The van der Waals surface area contributed by atoms with Crippen molar-refractivity contribution in [2.45, 2.75) is 12.8 Å². The average molecular weight is 225 g/mol. The molecule has 0 bridgehead atoms. The Hall–Kier alpha value is -0.670. The lowest BCUT2D eigenvalue weighted by molar-refractivity contribution is 0.475. The predicted octanol–water partition coefficient (Wildman–Crippen LogP) is 2.28. The van der Waals surface area contributed by atoms with E-state index in [1.54, 1.807) is 12.1 Å². The summed E-state index contributed by atoms with van der Waals surface area (Å²) in [5, 5.41) is 12.5. The van der Waals surface area contributed by atoms with Crippen LogP contribution in [-0.2, 0) is 6.42 Å². The summed E-state index contributed by atoms with van der Waals surface area (Å²) < 4.78 is 0. The van der Waals surface area contributed by atoms with Gasteiger partial charge in [-0.05, 0) is 55.6 Å². The summed E-state index contributed by atoms with van der Waals surface area (Å²) in [7, 11) is 0. The zero-order valence-corrected chi connectivity index (χ0v) is 10.0. The molecule has 0 aromatic heterocycles. The van der Waals surface area contributed by atoms with Gasteiger partial charge in [0.15, 0.2) is 0 Å². The molecule has 15 heavy (non-hydrogen) atoms. The third-order valence-corrected chi connectivity index (χ3v) is 2.93. The van der Waals surface area contributed by atoms with E-state index in [1.165, 1.54) is 17.7 Å². The monoisotopic (exact) mass is 225 g/mol. The Kier molecular flexibility index (Phi) is 6.28. The van der Waals surface area contributed by atoms with Crippen molar-refractivity contribution in [3.63, 3.8) is 0 Å². The molecule has 0 spiro atoms. The van der Waals surface area contributed by atoms with E-state index >= 15 is 0 Å². The number of aromatic hydroxyl groups is 1. The van der Waals surface area contributed by atoms with Gasteiger partial charge < -0.3 is 10.4 Å². The second kappa shape index (κ2) is 7.60. The summed E-state index contributed by atoms with van der Waals surface area (Å²) in [6.45, 7) is 2.11. The Morgan fingerprint density at radius 3 is 2.60 bits per heavy atom. The van der Waals surface area contributed by atoms with E-state index in [1.807, 2.05) is 23.9 Å². The van der Waals surface area contributed by atoms with Crippen LogP contribution in [0.1, 0.15) is 12.0 Å². The van der Waals surface area contributed by atoms with Crippen LogP contribution in [0.2, 0.25) is 0 Å². The molecule has 0 saturated carbocycles. The topological polar surface area (TPSA) is 32.3 Å². The molecular formula is C12H19NOS. The van der Waals surface area contributed by atoms with Crippen LogP contribution >= 0.6 is 11.8 Å². The van der Waals surface area contributed by atoms with Crippen molar-refractivity contribution in [1.82, 2.24) is 5.32 Å². The Bertz CT molecular complexity index is 261. The second-order valence-corrected chi connectivity index (χ2v) is 4.50. The summed E-state index contributed by atoms with van der Waals surface area (Å²) in [4.78, 5) is 0. The predicted molar refractivity (Wildman–Crippen MR) is 67.7 cm³/mol. The average Bonchev–Trinajstić information content (AvgIpc) is 2.26. The standard InChI is InChI=1S/C12H19NOS/c1-15-10-2-8-13-9-7-11-3-5-12(14)6-4-11/h3-6,13-14H,2,7-10H2,1H3. The van der Waals surface area contributed by atoms with E-state index in [4.69, 9.17) is 5.11 Å². The Morgan fingerprint density at radius 1 is 1.20 bits per heavy atom. The SMILES string of the molecule is CSCCCNCCc1ccc(O)cc1. The molecule has 0 saturated heterocycles. The van der Waals surface area contributed by atoms with Gasteiger partial charge in [-0.3, -0.25) is 0 Å². The summed E-state index contributed by atoms with van der Waals surface area (Å²) in [6.07, 6.45) is 4.40. The number of nitrogens with one attached hydrogen (secondary N) is 1. The largest absolute Gasteiger partial charge is 0.508 e. The van der Waals surface area contributed by atoms with Crippen LogP contribution in [0, 0.1) is 0 Å². The fraction of sp³-hybridized carbons (Fsp3) is 0.500. The van der Waals surface area contributed by atoms with Gasteiger partial charge in [-0.2, -0.15) is 11.8 Å². The Balaban J connectivity index is 2.07. The molecule has 2 nitrogen and oxygen atoms in total.